The van der Waals surface area contributed by atoms with Crippen molar-refractivity contribution in [3.8, 4) is 5.75 Å². The minimum atomic E-state index is -0.706. The third-order valence-corrected chi connectivity index (χ3v) is 6.69. The molecule has 34 heavy (non-hydrogen) atoms. The van der Waals surface area contributed by atoms with E-state index in [-0.39, 0.29) is 11.8 Å². The van der Waals surface area contributed by atoms with Crippen molar-refractivity contribution in [2.45, 2.75) is 44.6 Å². The second-order valence-corrected chi connectivity index (χ2v) is 8.76. The van der Waals surface area contributed by atoms with E-state index in [1.165, 1.54) is 6.26 Å². The minimum absolute atomic E-state index is 0.0483. The van der Waals surface area contributed by atoms with Crippen LogP contribution < -0.4 is 10.1 Å². The average molecular weight is 465 g/mol. The average Bonchev–Trinajstić information content (AvgIpc) is 3.52. The van der Waals surface area contributed by atoms with Crippen molar-refractivity contribution < 1.29 is 23.5 Å². The van der Waals surface area contributed by atoms with Gasteiger partial charge in [0, 0.05) is 44.9 Å². The summed E-state index contributed by atoms with van der Waals surface area (Å²) in [4.78, 5) is 32.4. The molecule has 1 N–H and O–H groups in total. The van der Waals surface area contributed by atoms with Crippen molar-refractivity contribution in [3.63, 3.8) is 0 Å². The standard InChI is InChI=1S/C25H28N4O5/c1-17-20(6-13-33-17)23(31)28-10-7-25(8-11-28)24-26-9-12-29(24)16-21(34-25)22(30)27-15-18-4-3-5-19(14-18)32-2/h3-6,9,12-14,21H,7-8,10-11,15-16H2,1-2H3,(H,27,30)/t21-/m0/s1. The number of carbonyl (C=O) groups is 2. The van der Waals surface area contributed by atoms with Gasteiger partial charge < -0.3 is 28.7 Å². The third kappa shape index (κ3) is 4.07. The predicted molar refractivity (Wildman–Crippen MR) is 122 cm³/mol. The van der Waals surface area contributed by atoms with Gasteiger partial charge in [-0.3, -0.25) is 9.59 Å². The Bertz CT molecular complexity index is 1190. The Balaban J connectivity index is 1.28. The van der Waals surface area contributed by atoms with E-state index >= 15 is 0 Å². The van der Waals surface area contributed by atoms with Crippen molar-refractivity contribution in [2.75, 3.05) is 20.2 Å². The number of likely N-dealkylation sites (tertiary alicyclic amines) is 1. The van der Waals surface area contributed by atoms with E-state index in [9.17, 15) is 9.59 Å². The quantitative estimate of drug-likeness (QED) is 0.623. The van der Waals surface area contributed by atoms with Crippen molar-refractivity contribution in [1.29, 1.82) is 0 Å². The van der Waals surface area contributed by atoms with Crippen LogP contribution in [0.4, 0.5) is 0 Å². The lowest BCUT2D eigenvalue weighted by Crippen LogP contribution is -2.54. The fourth-order valence-corrected chi connectivity index (χ4v) is 4.81. The predicted octanol–water partition coefficient (Wildman–Crippen LogP) is 2.64. The summed E-state index contributed by atoms with van der Waals surface area (Å²) in [5, 5.41) is 2.99. The van der Waals surface area contributed by atoms with Gasteiger partial charge in [0.25, 0.3) is 11.8 Å². The summed E-state index contributed by atoms with van der Waals surface area (Å²) in [6, 6.07) is 9.30. The highest BCUT2D eigenvalue weighted by Gasteiger charge is 2.47. The minimum Gasteiger partial charge on any atom is -0.497 e. The van der Waals surface area contributed by atoms with Crippen molar-refractivity contribution in [1.82, 2.24) is 19.8 Å². The van der Waals surface area contributed by atoms with Gasteiger partial charge in [-0.1, -0.05) is 12.1 Å². The van der Waals surface area contributed by atoms with E-state index in [2.05, 4.69) is 10.3 Å². The maximum absolute atomic E-state index is 13.1. The molecule has 1 fully saturated rings. The van der Waals surface area contributed by atoms with Crippen LogP contribution in [0.3, 0.4) is 0 Å². The van der Waals surface area contributed by atoms with Crippen LogP contribution in [-0.4, -0.2) is 52.6 Å². The van der Waals surface area contributed by atoms with Gasteiger partial charge in [-0.15, -0.1) is 0 Å². The Labute approximate surface area is 197 Å². The fourth-order valence-electron chi connectivity index (χ4n) is 4.81. The molecule has 4 heterocycles. The molecule has 1 saturated heterocycles. The number of furan rings is 1. The number of nitrogens with one attached hydrogen (secondary N) is 1. The molecule has 0 bridgehead atoms. The second kappa shape index (κ2) is 8.98. The first-order chi connectivity index (χ1) is 16.5. The number of benzene rings is 1. The van der Waals surface area contributed by atoms with Gasteiger partial charge in [0.1, 0.15) is 22.9 Å². The van der Waals surface area contributed by atoms with E-state index in [4.69, 9.17) is 13.9 Å². The Morgan fingerprint density at radius 1 is 1.26 bits per heavy atom. The molecule has 2 aliphatic heterocycles. The summed E-state index contributed by atoms with van der Waals surface area (Å²) in [7, 11) is 1.62. The van der Waals surface area contributed by atoms with E-state index in [0.717, 1.165) is 17.1 Å². The highest BCUT2D eigenvalue weighted by atomic mass is 16.5. The lowest BCUT2D eigenvalue weighted by molar-refractivity contribution is -0.172. The molecular formula is C25H28N4O5. The van der Waals surface area contributed by atoms with Crippen LogP contribution in [0.1, 0.15) is 40.3 Å². The summed E-state index contributed by atoms with van der Waals surface area (Å²) >= 11 is 0. The molecule has 2 aromatic heterocycles. The van der Waals surface area contributed by atoms with Gasteiger partial charge in [-0.25, -0.2) is 4.98 Å². The first-order valence-corrected chi connectivity index (χ1v) is 11.4. The number of hydrogen-bond donors (Lipinski definition) is 1. The van der Waals surface area contributed by atoms with Crippen LogP contribution in [0.2, 0.25) is 0 Å². The summed E-state index contributed by atoms with van der Waals surface area (Å²) in [6.45, 7) is 3.58. The van der Waals surface area contributed by atoms with Crippen LogP contribution in [0, 0.1) is 6.92 Å². The number of ether oxygens (including phenoxy) is 2. The van der Waals surface area contributed by atoms with Crippen LogP contribution in [0.15, 0.2) is 53.4 Å². The summed E-state index contributed by atoms with van der Waals surface area (Å²) < 4.78 is 19.0. The zero-order valence-electron chi connectivity index (χ0n) is 19.3. The van der Waals surface area contributed by atoms with Gasteiger partial charge >= 0.3 is 0 Å². The Hall–Kier alpha value is -3.59. The zero-order valence-corrected chi connectivity index (χ0v) is 19.3. The molecule has 0 saturated carbocycles. The summed E-state index contributed by atoms with van der Waals surface area (Å²) in [6.07, 6.45) is 5.63. The molecule has 1 aromatic carbocycles. The molecule has 2 aliphatic rings. The molecule has 1 spiro atoms. The molecule has 178 valence electrons. The number of fused-ring (bicyclic) bond motifs is 2. The van der Waals surface area contributed by atoms with Crippen molar-refractivity contribution in [2.24, 2.45) is 0 Å². The van der Waals surface area contributed by atoms with E-state index in [1.807, 2.05) is 39.9 Å². The normalized spacial score (nSPS) is 19.0. The fraction of sp³-hybridized carbons (Fsp3) is 0.400. The largest absolute Gasteiger partial charge is 0.497 e. The topological polar surface area (TPSA) is 98.8 Å². The lowest BCUT2D eigenvalue weighted by Gasteiger charge is -2.45. The Kier molecular flexibility index (Phi) is 5.87. The van der Waals surface area contributed by atoms with Crippen LogP contribution in [0.5, 0.6) is 5.75 Å². The molecule has 9 heteroatoms. The van der Waals surface area contributed by atoms with Gasteiger partial charge in [0.2, 0.25) is 0 Å². The number of amides is 2. The maximum atomic E-state index is 13.1. The summed E-state index contributed by atoms with van der Waals surface area (Å²) in [5.41, 5.74) is 0.821. The highest BCUT2D eigenvalue weighted by Crippen LogP contribution is 2.40. The molecule has 0 aliphatic carbocycles. The molecule has 2 amide bonds. The molecule has 0 radical (unpaired) electrons. The zero-order chi connectivity index (χ0) is 23.7. The molecule has 5 rings (SSSR count). The number of nitrogens with zero attached hydrogens (tertiary/aromatic N) is 3. The molecule has 1 atom stereocenters. The van der Waals surface area contributed by atoms with Gasteiger partial charge in [0.05, 0.1) is 25.5 Å². The number of piperidine rings is 1. The number of aromatic nitrogens is 2. The maximum Gasteiger partial charge on any atom is 0.257 e. The first kappa shape index (κ1) is 22.2. The van der Waals surface area contributed by atoms with Gasteiger partial charge in [-0.2, -0.15) is 0 Å². The smallest absolute Gasteiger partial charge is 0.257 e. The van der Waals surface area contributed by atoms with Crippen LogP contribution >= 0.6 is 0 Å². The van der Waals surface area contributed by atoms with Crippen LogP contribution in [-0.2, 0) is 28.2 Å². The number of imidazole rings is 1. The lowest BCUT2D eigenvalue weighted by atomic mass is 9.88. The third-order valence-electron chi connectivity index (χ3n) is 6.69. The number of carbonyl (C=O) groups excluding carboxylic acids is 2. The molecule has 3 aromatic rings. The van der Waals surface area contributed by atoms with E-state index < -0.39 is 11.7 Å². The van der Waals surface area contributed by atoms with Crippen LogP contribution in [0.25, 0.3) is 0 Å². The van der Waals surface area contributed by atoms with Crippen molar-refractivity contribution >= 4 is 11.8 Å². The number of aryl methyl sites for hydroxylation is 1. The monoisotopic (exact) mass is 464 g/mol. The number of methoxy groups -OCH3 is 1. The molecule has 0 unspecified atom stereocenters. The second-order valence-electron chi connectivity index (χ2n) is 8.76. The van der Waals surface area contributed by atoms with Gasteiger partial charge in [0.15, 0.2) is 6.10 Å². The molecule has 9 nitrogen and oxygen atoms in total. The van der Waals surface area contributed by atoms with E-state index in [0.29, 0.717) is 50.3 Å². The van der Waals surface area contributed by atoms with Gasteiger partial charge in [-0.05, 0) is 30.7 Å². The Morgan fingerprint density at radius 2 is 2.09 bits per heavy atom. The number of rotatable bonds is 5. The first-order valence-electron chi connectivity index (χ1n) is 11.4. The molecular weight excluding hydrogens is 436 g/mol. The SMILES string of the molecule is COc1cccc(CNC(=O)[C@@H]2Cn3ccnc3C3(CCN(C(=O)c4ccoc4C)CC3)O2)c1. The highest BCUT2D eigenvalue weighted by molar-refractivity contribution is 5.95. The van der Waals surface area contributed by atoms with Crippen molar-refractivity contribution in [3.05, 3.63) is 71.7 Å². The summed E-state index contributed by atoms with van der Waals surface area (Å²) in [5.74, 6) is 1.95. The van der Waals surface area contributed by atoms with E-state index in [1.54, 1.807) is 26.3 Å². The Morgan fingerprint density at radius 3 is 2.82 bits per heavy atom. The number of hydrogen-bond acceptors (Lipinski definition) is 6.